The number of rotatable bonds is 2. The molecule has 3 unspecified atom stereocenters. The van der Waals surface area contributed by atoms with E-state index < -0.39 is 0 Å². The number of hydrogen-bond acceptors (Lipinski definition) is 0. The van der Waals surface area contributed by atoms with E-state index in [1.807, 2.05) is 0 Å². The zero-order valence-corrected chi connectivity index (χ0v) is 8.14. The van der Waals surface area contributed by atoms with E-state index in [9.17, 15) is 0 Å². The van der Waals surface area contributed by atoms with Crippen molar-refractivity contribution in [2.75, 3.05) is 0 Å². The van der Waals surface area contributed by atoms with Crippen molar-refractivity contribution >= 4 is 0 Å². The van der Waals surface area contributed by atoms with Crippen LogP contribution in [-0.2, 0) is 0 Å². The van der Waals surface area contributed by atoms with Crippen LogP contribution >= 0.6 is 0 Å². The predicted molar refractivity (Wildman–Crippen MR) is 51.9 cm³/mol. The molecule has 0 amide bonds. The lowest BCUT2D eigenvalue weighted by Gasteiger charge is -2.23. The van der Waals surface area contributed by atoms with Crippen LogP contribution in [0.3, 0.4) is 0 Å². The molecular weight excluding hydrogens is 144 g/mol. The van der Waals surface area contributed by atoms with Gasteiger partial charge >= 0.3 is 0 Å². The van der Waals surface area contributed by atoms with Crippen LogP contribution in [0.5, 0.6) is 0 Å². The summed E-state index contributed by atoms with van der Waals surface area (Å²) in [7, 11) is 0. The van der Waals surface area contributed by atoms with Gasteiger partial charge in [-0.1, -0.05) is 20.3 Å². The topological polar surface area (TPSA) is 0 Å². The van der Waals surface area contributed by atoms with E-state index in [1.165, 1.54) is 25.7 Å². The van der Waals surface area contributed by atoms with Crippen LogP contribution in [0.2, 0.25) is 0 Å². The zero-order chi connectivity index (χ0) is 8.55. The molecule has 3 atom stereocenters. The summed E-state index contributed by atoms with van der Waals surface area (Å²) in [6.07, 6.45) is 7.71. The van der Waals surface area contributed by atoms with Gasteiger partial charge in [0.05, 0.1) is 0 Å². The minimum Gasteiger partial charge on any atom is -0.126 e. The molecule has 0 aromatic carbocycles. The van der Waals surface area contributed by atoms with Gasteiger partial charge in [0, 0.05) is 0 Å². The average molecular weight is 162 g/mol. The van der Waals surface area contributed by atoms with Gasteiger partial charge in [-0.15, -0.1) is 5.73 Å². The Kier molecular flexibility index (Phi) is 2.11. The van der Waals surface area contributed by atoms with Crippen LogP contribution in [0.1, 0.15) is 39.5 Å². The summed E-state index contributed by atoms with van der Waals surface area (Å²) in [4.78, 5) is 0. The van der Waals surface area contributed by atoms with E-state index in [1.54, 1.807) is 5.57 Å². The van der Waals surface area contributed by atoms with Crippen LogP contribution in [-0.4, -0.2) is 0 Å². The molecule has 0 saturated heterocycles. The van der Waals surface area contributed by atoms with Crippen LogP contribution in [0.4, 0.5) is 0 Å². The number of hydrogen-bond donors (Lipinski definition) is 0. The van der Waals surface area contributed by atoms with Crippen molar-refractivity contribution in [1.82, 2.24) is 0 Å². The van der Waals surface area contributed by atoms with Crippen molar-refractivity contribution in [3.8, 4) is 0 Å². The Hall–Kier alpha value is -0.480. The van der Waals surface area contributed by atoms with E-state index in [4.69, 9.17) is 0 Å². The average Bonchev–Trinajstić information content (AvgIpc) is 2.35. The molecule has 0 aromatic rings. The van der Waals surface area contributed by atoms with Gasteiger partial charge in [0.15, 0.2) is 0 Å². The molecule has 2 aliphatic rings. The fourth-order valence-electron chi connectivity index (χ4n) is 2.78. The summed E-state index contributed by atoms with van der Waals surface area (Å²) in [6, 6.07) is 0. The first kappa shape index (κ1) is 8.13. The van der Waals surface area contributed by atoms with E-state index in [0.717, 1.165) is 17.8 Å². The van der Waals surface area contributed by atoms with E-state index in [0.29, 0.717) is 0 Å². The highest BCUT2D eigenvalue weighted by Crippen LogP contribution is 2.44. The Balaban J connectivity index is 2.14. The Morgan fingerprint density at radius 3 is 3.08 bits per heavy atom. The standard InChI is InChI=1S/C12H18/c1-3-4-11-6-5-10-7-9(2)12(11)8-10/h6,9,11-12H,3-4,7-8H2,1-2H3. The van der Waals surface area contributed by atoms with Crippen molar-refractivity contribution in [2.45, 2.75) is 39.5 Å². The second kappa shape index (κ2) is 3.11. The first-order chi connectivity index (χ1) is 5.81. The molecule has 2 bridgehead atoms. The van der Waals surface area contributed by atoms with E-state index in [-0.39, 0.29) is 0 Å². The van der Waals surface area contributed by atoms with Gasteiger partial charge in [-0.2, -0.15) is 0 Å². The maximum Gasteiger partial charge on any atom is -0.0123 e. The summed E-state index contributed by atoms with van der Waals surface area (Å²) < 4.78 is 0. The first-order valence-electron chi connectivity index (χ1n) is 5.25. The molecule has 0 nitrogen and oxygen atoms in total. The molecule has 0 N–H and O–H groups in total. The third kappa shape index (κ3) is 1.25. The second-order valence-corrected chi connectivity index (χ2v) is 4.42. The lowest BCUT2D eigenvalue weighted by atomic mass is 9.81. The highest BCUT2D eigenvalue weighted by molar-refractivity contribution is 5.17. The van der Waals surface area contributed by atoms with Crippen LogP contribution < -0.4 is 0 Å². The fraction of sp³-hybridized carbons (Fsp3) is 0.750. The van der Waals surface area contributed by atoms with Crippen LogP contribution in [0, 0.1) is 17.8 Å². The number of fused-ring (bicyclic) bond motifs is 2. The van der Waals surface area contributed by atoms with Crippen molar-refractivity contribution in [3.05, 3.63) is 17.4 Å². The minimum atomic E-state index is 0.844. The van der Waals surface area contributed by atoms with Crippen LogP contribution in [0.25, 0.3) is 0 Å². The van der Waals surface area contributed by atoms with E-state index in [2.05, 4.69) is 25.7 Å². The van der Waals surface area contributed by atoms with Gasteiger partial charge in [-0.05, 0) is 48.7 Å². The highest BCUT2D eigenvalue weighted by Gasteiger charge is 2.33. The van der Waals surface area contributed by atoms with Gasteiger partial charge < -0.3 is 0 Å². The molecule has 66 valence electrons. The predicted octanol–water partition coefficient (Wildman–Crippen LogP) is 3.54. The summed E-state index contributed by atoms with van der Waals surface area (Å²) >= 11 is 0. The second-order valence-electron chi connectivity index (χ2n) is 4.42. The van der Waals surface area contributed by atoms with Gasteiger partial charge in [0.1, 0.15) is 0 Å². The van der Waals surface area contributed by atoms with Gasteiger partial charge in [-0.3, -0.25) is 0 Å². The summed E-state index contributed by atoms with van der Waals surface area (Å²) in [5, 5.41) is 0. The van der Waals surface area contributed by atoms with Gasteiger partial charge in [0.25, 0.3) is 0 Å². The third-order valence-electron chi connectivity index (χ3n) is 3.45. The van der Waals surface area contributed by atoms with Crippen LogP contribution in [0.15, 0.2) is 17.4 Å². The monoisotopic (exact) mass is 162 g/mol. The van der Waals surface area contributed by atoms with Gasteiger partial charge in [0.2, 0.25) is 0 Å². The van der Waals surface area contributed by atoms with Gasteiger partial charge in [-0.25, -0.2) is 0 Å². The largest absolute Gasteiger partial charge is 0.126 e. The minimum absolute atomic E-state index is 0.844. The Morgan fingerprint density at radius 1 is 1.50 bits per heavy atom. The zero-order valence-electron chi connectivity index (χ0n) is 8.14. The van der Waals surface area contributed by atoms with E-state index >= 15 is 0 Å². The van der Waals surface area contributed by atoms with Crippen molar-refractivity contribution in [1.29, 1.82) is 0 Å². The fourth-order valence-corrected chi connectivity index (χ4v) is 2.78. The van der Waals surface area contributed by atoms with Crippen molar-refractivity contribution < 1.29 is 0 Å². The SMILES string of the molecule is CCCC1C=C=C2CC(C)C1C2. The molecular formula is C12H18. The molecule has 0 heteroatoms. The first-order valence-corrected chi connectivity index (χ1v) is 5.25. The summed E-state index contributed by atoms with van der Waals surface area (Å²) in [5.74, 6) is 2.72. The smallest absolute Gasteiger partial charge is 0.0123 e. The maximum atomic E-state index is 3.47. The molecule has 0 radical (unpaired) electrons. The summed E-state index contributed by atoms with van der Waals surface area (Å²) in [6.45, 7) is 4.69. The molecule has 12 heavy (non-hydrogen) atoms. The molecule has 0 aliphatic heterocycles. The molecule has 0 aromatic heterocycles. The molecule has 1 fully saturated rings. The Morgan fingerprint density at radius 2 is 2.33 bits per heavy atom. The highest BCUT2D eigenvalue weighted by atomic mass is 14.4. The lowest BCUT2D eigenvalue weighted by molar-refractivity contribution is 0.306. The summed E-state index contributed by atoms with van der Waals surface area (Å²) in [5.41, 5.74) is 5.05. The molecule has 2 rings (SSSR count). The number of allylic oxidation sites excluding steroid dienone is 1. The Labute approximate surface area is 75.4 Å². The maximum absolute atomic E-state index is 3.47. The van der Waals surface area contributed by atoms with Crippen molar-refractivity contribution in [2.24, 2.45) is 17.8 Å². The third-order valence-corrected chi connectivity index (χ3v) is 3.45. The quantitative estimate of drug-likeness (QED) is 0.545. The molecule has 1 saturated carbocycles. The normalized spacial score (nSPS) is 38.5. The molecule has 0 heterocycles. The Bertz CT molecular complexity index is 230. The lowest BCUT2D eigenvalue weighted by Crippen LogP contribution is -2.15. The van der Waals surface area contributed by atoms with Crippen molar-refractivity contribution in [3.63, 3.8) is 0 Å². The molecule has 2 aliphatic carbocycles. The molecule has 0 spiro atoms.